The molecule has 0 aliphatic heterocycles. The van der Waals surface area contributed by atoms with Gasteiger partial charge < -0.3 is 9.84 Å². The van der Waals surface area contributed by atoms with E-state index in [1.807, 2.05) is 6.07 Å². The maximum Gasteiger partial charge on any atom is 0.235 e. The van der Waals surface area contributed by atoms with Crippen LogP contribution in [0.1, 0.15) is 21.8 Å². The Kier molecular flexibility index (Phi) is 4.11. The number of ketones is 1. The number of rotatable bonds is 4. The molecule has 2 aromatic rings. The van der Waals surface area contributed by atoms with Gasteiger partial charge in [0, 0.05) is 5.56 Å². The molecule has 1 N–H and O–H groups in total. The molecule has 1 aromatic heterocycles. The highest BCUT2D eigenvalue weighted by Gasteiger charge is 2.22. The Morgan fingerprint density at radius 2 is 2.00 bits per heavy atom. The van der Waals surface area contributed by atoms with Crippen molar-refractivity contribution in [3.05, 3.63) is 47.3 Å². The van der Waals surface area contributed by atoms with Crippen LogP contribution in [0.3, 0.4) is 0 Å². The van der Waals surface area contributed by atoms with Crippen molar-refractivity contribution in [2.45, 2.75) is 6.92 Å². The zero-order valence-electron chi connectivity index (χ0n) is 10.1. The molecule has 98 valence electrons. The molecule has 0 fully saturated rings. The van der Waals surface area contributed by atoms with E-state index in [2.05, 4.69) is 26.4 Å². The largest absolute Gasteiger partial charge is 0.359 e. The normalized spacial score (nSPS) is 10.2. The fourth-order valence-corrected chi connectivity index (χ4v) is 1.71. The summed E-state index contributed by atoms with van der Waals surface area (Å²) in [6.45, 7) is 1.64. The SMILES string of the molecule is Cc1onc(C(=O)c2ccccc2)c1NC(=O)CBr. The second-order valence-corrected chi connectivity index (χ2v) is 4.40. The summed E-state index contributed by atoms with van der Waals surface area (Å²) in [6.07, 6.45) is 0. The maximum atomic E-state index is 12.3. The number of carbonyl (C=O) groups is 2. The van der Waals surface area contributed by atoms with Gasteiger partial charge in [0.25, 0.3) is 0 Å². The molecular weight excluding hydrogens is 312 g/mol. The number of amides is 1. The monoisotopic (exact) mass is 322 g/mol. The first kappa shape index (κ1) is 13.5. The smallest absolute Gasteiger partial charge is 0.235 e. The van der Waals surface area contributed by atoms with Crippen LogP contribution >= 0.6 is 15.9 Å². The summed E-state index contributed by atoms with van der Waals surface area (Å²) in [4.78, 5) is 23.7. The van der Waals surface area contributed by atoms with Gasteiger partial charge in [-0.2, -0.15) is 0 Å². The summed E-state index contributed by atoms with van der Waals surface area (Å²) in [5.41, 5.74) is 0.918. The van der Waals surface area contributed by atoms with Crippen LogP contribution in [0.15, 0.2) is 34.9 Å². The minimum Gasteiger partial charge on any atom is -0.359 e. The van der Waals surface area contributed by atoms with Gasteiger partial charge in [-0.25, -0.2) is 0 Å². The van der Waals surface area contributed by atoms with Gasteiger partial charge in [0.15, 0.2) is 11.5 Å². The van der Waals surface area contributed by atoms with Gasteiger partial charge in [0.2, 0.25) is 11.7 Å². The van der Waals surface area contributed by atoms with Crippen molar-refractivity contribution >= 4 is 33.3 Å². The van der Waals surface area contributed by atoms with Crippen LogP contribution < -0.4 is 5.32 Å². The average molecular weight is 323 g/mol. The van der Waals surface area contributed by atoms with E-state index in [4.69, 9.17) is 4.52 Å². The lowest BCUT2D eigenvalue weighted by molar-refractivity contribution is -0.113. The molecule has 0 atom stereocenters. The van der Waals surface area contributed by atoms with E-state index in [1.165, 1.54) is 0 Å². The number of aromatic nitrogens is 1. The lowest BCUT2D eigenvalue weighted by Gasteiger charge is -2.03. The number of nitrogens with one attached hydrogen (secondary N) is 1. The van der Waals surface area contributed by atoms with Crippen LogP contribution in [-0.4, -0.2) is 22.2 Å². The van der Waals surface area contributed by atoms with Crippen molar-refractivity contribution in [2.75, 3.05) is 10.6 Å². The second kappa shape index (κ2) is 5.79. The molecule has 0 bridgehead atoms. The van der Waals surface area contributed by atoms with Crippen molar-refractivity contribution in [1.29, 1.82) is 0 Å². The Bertz CT molecular complexity index is 608. The van der Waals surface area contributed by atoms with Crippen LogP contribution in [0.5, 0.6) is 0 Å². The Morgan fingerprint density at radius 1 is 1.32 bits per heavy atom. The first-order chi connectivity index (χ1) is 9.13. The molecule has 0 saturated carbocycles. The Labute approximate surface area is 118 Å². The van der Waals surface area contributed by atoms with Gasteiger partial charge in [-0.1, -0.05) is 51.4 Å². The predicted octanol–water partition coefficient (Wildman–Crippen LogP) is 2.55. The summed E-state index contributed by atoms with van der Waals surface area (Å²) in [6, 6.07) is 8.71. The Hall–Kier alpha value is -1.95. The molecule has 0 radical (unpaired) electrons. The van der Waals surface area contributed by atoms with Crippen molar-refractivity contribution in [1.82, 2.24) is 5.16 Å². The van der Waals surface area contributed by atoms with Crippen LogP contribution in [-0.2, 0) is 4.79 Å². The summed E-state index contributed by atoms with van der Waals surface area (Å²) in [5.74, 6) is -0.163. The molecule has 0 spiro atoms. The quantitative estimate of drug-likeness (QED) is 0.693. The minimum absolute atomic E-state index is 0.109. The van der Waals surface area contributed by atoms with E-state index < -0.39 is 0 Å². The molecule has 5 nitrogen and oxygen atoms in total. The number of anilines is 1. The maximum absolute atomic E-state index is 12.3. The highest BCUT2D eigenvalue weighted by molar-refractivity contribution is 9.09. The van der Waals surface area contributed by atoms with Crippen molar-refractivity contribution < 1.29 is 14.1 Å². The van der Waals surface area contributed by atoms with Crippen LogP contribution in [0.4, 0.5) is 5.69 Å². The third-order valence-electron chi connectivity index (χ3n) is 2.50. The van der Waals surface area contributed by atoms with Crippen LogP contribution in [0.25, 0.3) is 0 Å². The number of nitrogens with zero attached hydrogens (tertiary/aromatic N) is 1. The molecule has 0 aliphatic carbocycles. The summed E-state index contributed by atoms with van der Waals surface area (Å²) >= 11 is 3.04. The van der Waals surface area contributed by atoms with Gasteiger partial charge >= 0.3 is 0 Å². The molecule has 1 heterocycles. The number of carbonyl (C=O) groups excluding carboxylic acids is 2. The number of hydrogen-bond donors (Lipinski definition) is 1. The van der Waals surface area contributed by atoms with Gasteiger partial charge in [-0.3, -0.25) is 9.59 Å². The zero-order valence-corrected chi connectivity index (χ0v) is 11.7. The van der Waals surface area contributed by atoms with E-state index in [-0.39, 0.29) is 22.7 Å². The topological polar surface area (TPSA) is 72.2 Å². The number of alkyl halides is 1. The molecular formula is C13H11BrN2O3. The lowest BCUT2D eigenvalue weighted by atomic mass is 10.1. The van der Waals surface area contributed by atoms with E-state index >= 15 is 0 Å². The molecule has 0 aliphatic rings. The predicted molar refractivity (Wildman–Crippen MR) is 73.5 cm³/mol. The van der Waals surface area contributed by atoms with Gasteiger partial charge in [-0.15, -0.1) is 0 Å². The van der Waals surface area contributed by atoms with Crippen LogP contribution in [0, 0.1) is 6.92 Å². The van der Waals surface area contributed by atoms with Gasteiger partial charge in [0.1, 0.15) is 5.69 Å². The van der Waals surface area contributed by atoms with Crippen LogP contribution in [0.2, 0.25) is 0 Å². The molecule has 6 heteroatoms. The molecule has 0 unspecified atom stereocenters. The van der Waals surface area contributed by atoms with E-state index in [0.29, 0.717) is 17.0 Å². The fraction of sp³-hybridized carbons (Fsp3) is 0.154. The average Bonchev–Trinajstić information content (AvgIpc) is 2.80. The minimum atomic E-state index is -0.290. The molecule has 0 saturated heterocycles. The van der Waals surface area contributed by atoms with E-state index in [1.54, 1.807) is 31.2 Å². The molecule has 19 heavy (non-hydrogen) atoms. The third-order valence-corrected chi connectivity index (χ3v) is 3.01. The van der Waals surface area contributed by atoms with Crippen molar-refractivity contribution in [2.24, 2.45) is 0 Å². The van der Waals surface area contributed by atoms with Gasteiger partial charge in [-0.05, 0) is 6.92 Å². The number of halogens is 1. The summed E-state index contributed by atoms with van der Waals surface area (Å²) < 4.78 is 4.98. The van der Waals surface area contributed by atoms with Gasteiger partial charge in [0.05, 0.1) is 5.33 Å². The summed E-state index contributed by atoms with van der Waals surface area (Å²) in [5, 5.41) is 6.46. The lowest BCUT2D eigenvalue weighted by Crippen LogP contribution is -2.15. The first-order valence-corrected chi connectivity index (χ1v) is 6.67. The standard InChI is InChI=1S/C13H11BrN2O3/c1-8-11(15-10(17)7-14)12(16-19-8)13(18)9-5-3-2-4-6-9/h2-6H,7H2,1H3,(H,15,17). The molecule has 2 rings (SSSR count). The summed E-state index contributed by atoms with van der Waals surface area (Å²) in [7, 11) is 0. The fourth-order valence-electron chi connectivity index (χ4n) is 1.57. The highest BCUT2D eigenvalue weighted by atomic mass is 79.9. The Morgan fingerprint density at radius 3 is 2.63 bits per heavy atom. The number of aryl methyl sites for hydroxylation is 1. The Balaban J connectivity index is 2.35. The van der Waals surface area contributed by atoms with Crippen molar-refractivity contribution in [3.8, 4) is 0 Å². The molecule has 1 aromatic carbocycles. The highest BCUT2D eigenvalue weighted by Crippen LogP contribution is 2.22. The second-order valence-electron chi connectivity index (χ2n) is 3.84. The van der Waals surface area contributed by atoms with E-state index in [0.717, 1.165) is 0 Å². The first-order valence-electron chi connectivity index (χ1n) is 5.55. The number of hydrogen-bond acceptors (Lipinski definition) is 4. The zero-order chi connectivity index (χ0) is 13.8. The third kappa shape index (κ3) is 2.90. The number of benzene rings is 1. The molecule has 1 amide bonds. The van der Waals surface area contributed by atoms with E-state index in [9.17, 15) is 9.59 Å². The van der Waals surface area contributed by atoms with Crippen molar-refractivity contribution in [3.63, 3.8) is 0 Å².